The zero-order chi connectivity index (χ0) is 17.7. The molecule has 1 amide bonds. The normalized spacial score (nSPS) is 24.8. The summed E-state index contributed by atoms with van der Waals surface area (Å²) in [5.74, 6) is -0.0438. The molecule has 2 aromatic rings. The molecule has 5 nitrogen and oxygen atoms in total. The molecule has 1 N–H and O–H groups in total. The highest BCUT2D eigenvalue weighted by atomic mass is 16.2. The van der Waals surface area contributed by atoms with Crippen LogP contribution in [-0.2, 0) is 11.2 Å². The molecule has 5 rings (SSSR count). The van der Waals surface area contributed by atoms with Gasteiger partial charge in [0.05, 0.1) is 12.0 Å². The first-order valence-electron chi connectivity index (χ1n) is 9.52. The van der Waals surface area contributed by atoms with Crippen LogP contribution < -0.4 is 0 Å². The van der Waals surface area contributed by atoms with Gasteiger partial charge in [0.1, 0.15) is 0 Å². The third kappa shape index (κ3) is 2.25. The highest BCUT2D eigenvalue weighted by Gasteiger charge is 2.38. The van der Waals surface area contributed by atoms with E-state index >= 15 is 0 Å². The Hall–Kier alpha value is -2.74. The lowest BCUT2D eigenvalue weighted by molar-refractivity contribution is -0.135. The van der Waals surface area contributed by atoms with Crippen molar-refractivity contribution in [3.63, 3.8) is 0 Å². The molecule has 1 aromatic carbocycles. The number of benzene rings is 1. The van der Waals surface area contributed by atoms with E-state index in [1.54, 1.807) is 0 Å². The van der Waals surface area contributed by atoms with Crippen LogP contribution in [0.25, 0.3) is 16.5 Å². The monoisotopic (exact) mass is 346 g/mol. The van der Waals surface area contributed by atoms with Gasteiger partial charge in [-0.25, -0.2) is 0 Å². The maximum atomic E-state index is 13.1. The number of piperidine rings is 1. The number of aromatic nitrogens is 1. The number of nitrogens with one attached hydrogen (secondary N) is 1. The van der Waals surface area contributed by atoms with Gasteiger partial charge in [-0.15, -0.1) is 0 Å². The highest BCUT2D eigenvalue weighted by Crippen LogP contribution is 2.41. The lowest BCUT2D eigenvalue weighted by Crippen LogP contribution is -2.48. The van der Waals surface area contributed by atoms with Gasteiger partial charge in [-0.3, -0.25) is 4.79 Å². The Morgan fingerprint density at radius 3 is 2.88 bits per heavy atom. The molecular formula is C21H22N4O. The van der Waals surface area contributed by atoms with Gasteiger partial charge in [0.25, 0.3) is 0 Å². The maximum absolute atomic E-state index is 13.1. The summed E-state index contributed by atoms with van der Waals surface area (Å²) < 4.78 is 0. The summed E-state index contributed by atoms with van der Waals surface area (Å²) in [5.41, 5.74) is 4.71. The molecule has 5 heteroatoms. The van der Waals surface area contributed by atoms with Crippen LogP contribution in [0.2, 0.25) is 0 Å². The Labute approximate surface area is 152 Å². The molecule has 0 radical (unpaired) electrons. The standard InChI is InChI=1S/C21H22N4O/c22-13-25-12-15(21(26)24-7-2-1-3-8-24)9-17-16-5-4-6-18-20(16)14(11-23-18)10-19(17)25/h4-6,9,11,15,19,23H,1-3,7-8,10,12H2/t15-,19-/m1/s1. The van der Waals surface area contributed by atoms with Crippen molar-refractivity contribution in [3.8, 4) is 6.19 Å². The number of hydrogen-bond acceptors (Lipinski definition) is 3. The van der Waals surface area contributed by atoms with Crippen molar-refractivity contribution in [3.05, 3.63) is 41.6 Å². The Bertz CT molecular complexity index is 945. The molecule has 2 atom stereocenters. The summed E-state index contributed by atoms with van der Waals surface area (Å²) in [7, 11) is 0. The summed E-state index contributed by atoms with van der Waals surface area (Å²) in [6.45, 7) is 2.20. The first kappa shape index (κ1) is 15.5. The fraction of sp³-hybridized carbons (Fsp3) is 0.429. The predicted molar refractivity (Wildman–Crippen MR) is 100 cm³/mol. The average molecular weight is 346 g/mol. The largest absolute Gasteiger partial charge is 0.361 e. The van der Waals surface area contributed by atoms with Crippen LogP contribution in [0, 0.1) is 17.4 Å². The minimum Gasteiger partial charge on any atom is -0.361 e. The number of carbonyl (C=O) groups is 1. The zero-order valence-corrected chi connectivity index (χ0v) is 14.7. The van der Waals surface area contributed by atoms with Gasteiger partial charge in [0, 0.05) is 36.7 Å². The first-order chi connectivity index (χ1) is 12.8. The molecule has 1 saturated heterocycles. The fourth-order valence-electron chi connectivity index (χ4n) is 4.85. The van der Waals surface area contributed by atoms with Gasteiger partial charge in [-0.1, -0.05) is 18.2 Å². The number of aromatic amines is 1. The maximum Gasteiger partial charge on any atom is 0.231 e. The van der Waals surface area contributed by atoms with Gasteiger partial charge in [0.15, 0.2) is 6.19 Å². The molecule has 26 heavy (non-hydrogen) atoms. The van der Waals surface area contributed by atoms with Gasteiger partial charge < -0.3 is 14.8 Å². The van der Waals surface area contributed by atoms with Crippen molar-refractivity contribution in [1.29, 1.82) is 5.26 Å². The fourth-order valence-corrected chi connectivity index (χ4v) is 4.85. The Kier molecular flexibility index (Phi) is 3.53. The van der Waals surface area contributed by atoms with E-state index in [0.29, 0.717) is 6.54 Å². The van der Waals surface area contributed by atoms with Crippen molar-refractivity contribution in [1.82, 2.24) is 14.8 Å². The molecule has 0 unspecified atom stereocenters. The molecule has 2 aliphatic heterocycles. The quantitative estimate of drug-likeness (QED) is 0.808. The van der Waals surface area contributed by atoms with Gasteiger partial charge in [-0.05, 0) is 48.4 Å². The molecule has 0 saturated carbocycles. The van der Waals surface area contributed by atoms with E-state index in [-0.39, 0.29) is 17.9 Å². The van der Waals surface area contributed by atoms with Crippen LogP contribution in [0.15, 0.2) is 30.5 Å². The predicted octanol–water partition coefficient (Wildman–Crippen LogP) is 2.90. The second kappa shape index (κ2) is 5.91. The molecular weight excluding hydrogens is 324 g/mol. The molecule has 3 aliphatic rings. The number of likely N-dealkylation sites (tertiary alicyclic amines) is 1. The Morgan fingerprint density at radius 1 is 1.23 bits per heavy atom. The van der Waals surface area contributed by atoms with Gasteiger partial charge in [-0.2, -0.15) is 5.26 Å². The van der Waals surface area contributed by atoms with Crippen LogP contribution >= 0.6 is 0 Å². The number of nitriles is 1. The van der Waals surface area contributed by atoms with Crippen molar-refractivity contribution in [2.45, 2.75) is 31.7 Å². The number of fused-ring (bicyclic) bond motifs is 2. The molecule has 1 aliphatic carbocycles. The molecule has 3 heterocycles. The van der Waals surface area contributed by atoms with Crippen molar-refractivity contribution >= 4 is 22.4 Å². The van der Waals surface area contributed by atoms with Crippen LogP contribution in [-0.4, -0.2) is 46.4 Å². The first-order valence-corrected chi connectivity index (χ1v) is 9.52. The summed E-state index contributed by atoms with van der Waals surface area (Å²) in [6, 6.07) is 6.30. The number of carbonyl (C=O) groups excluding carboxylic acids is 1. The minimum atomic E-state index is -0.227. The van der Waals surface area contributed by atoms with Crippen LogP contribution in [0.1, 0.15) is 30.4 Å². The summed E-state index contributed by atoms with van der Waals surface area (Å²) >= 11 is 0. The van der Waals surface area contributed by atoms with E-state index in [9.17, 15) is 10.1 Å². The van der Waals surface area contributed by atoms with Crippen LogP contribution in [0.5, 0.6) is 0 Å². The second-order valence-corrected chi connectivity index (χ2v) is 7.63. The number of H-pyrrole nitrogens is 1. The summed E-state index contributed by atoms with van der Waals surface area (Å²) in [4.78, 5) is 20.2. The highest BCUT2D eigenvalue weighted by molar-refractivity contribution is 5.99. The number of rotatable bonds is 1. The van der Waals surface area contributed by atoms with Gasteiger partial charge >= 0.3 is 0 Å². The molecule has 0 spiro atoms. The van der Waals surface area contributed by atoms with E-state index < -0.39 is 0 Å². The summed E-state index contributed by atoms with van der Waals surface area (Å²) in [5, 5.41) is 11.0. The molecule has 132 valence electrons. The van der Waals surface area contributed by atoms with Crippen LogP contribution in [0.4, 0.5) is 0 Å². The Morgan fingerprint density at radius 2 is 2.08 bits per heavy atom. The summed E-state index contributed by atoms with van der Waals surface area (Å²) in [6.07, 6.45) is 10.8. The lowest BCUT2D eigenvalue weighted by Gasteiger charge is -2.40. The topological polar surface area (TPSA) is 63.1 Å². The van der Waals surface area contributed by atoms with Gasteiger partial charge in [0.2, 0.25) is 5.91 Å². The van der Waals surface area contributed by atoms with E-state index in [4.69, 9.17) is 0 Å². The van der Waals surface area contributed by atoms with E-state index in [1.165, 1.54) is 22.9 Å². The Balaban J connectivity index is 1.58. The third-order valence-electron chi connectivity index (χ3n) is 6.13. The van der Waals surface area contributed by atoms with Crippen molar-refractivity contribution in [2.24, 2.45) is 5.92 Å². The average Bonchev–Trinajstić information content (AvgIpc) is 3.12. The minimum absolute atomic E-state index is 0.0410. The molecule has 0 bridgehead atoms. The number of amides is 1. The second-order valence-electron chi connectivity index (χ2n) is 7.63. The molecule has 1 fully saturated rings. The smallest absolute Gasteiger partial charge is 0.231 e. The number of nitrogens with zero attached hydrogens (tertiary/aromatic N) is 3. The van der Waals surface area contributed by atoms with Crippen LogP contribution in [0.3, 0.4) is 0 Å². The van der Waals surface area contributed by atoms with E-state index in [2.05, 4.69) is 35.6 Å². The van der Waals surface area contributed by atoms with E-state index in [1.807, 2.05) is 15.9 Å². The zero-order valence-electron chi connectivity index (χ0n) is 14.7. The van der Waals surface area contributed by atoms with Crippen molar-refractivity contribution in [2.75, 3.05) is 19.6 Å². The number of hydrogen-bond donors (Lipinski definition) is 1. The third-order valence-corrected chi connectivity index (χ3v) is 6.13. The van der Waals surface area contributed by atoms with E-state index in [0.717, 1.165) is 43.4 Å². The van der Waals surface area contributed by atoms with Crippen molar-refractivity contribution < 1.29 is 4.79 Å². The lowest BCUT2D eigenvalue weighted by atomic mass is 9.79. The molecule has 1 aromatic heterocycles. The SMILES string of the molecule is N#CN1C[C@H](C(=O)N2CCCCC2)C=C2c3cccc4[nH]cc(c34)C[C@H]21.